The lowest BCUT2D eigenvalue weighted by Gasteiger charge is -2.41. The van der Waals surface area contributed by atoms with Gasteiger partial charge >= 0.3 is 0 Å². The minimum atomic E-state index is -0.680. The van der Waals surface area contributed by atoms with Crippen molar-refractivity contribution in [3.63, 3.8) is 0 Å². The number of aliphatic hydroxyl groups excluding tert-OH is 1. The van der Waals surface area contributed by atoms with Crippen molar-refractivity contribution in [3.05, 3.63) is 95.6 Å². The highest BCUT2D eigenvalue weighted by Gasteiger charge is 2.38. The van der Waals surface area contributed by atoms with Gasteiger partial charge in [-0.15, -0.1) is 5.10 Å². The second-order valence-corrected chi connectivity index (χ2v) is 12.3. The van der Waals surface area contributed by atoms with Crippen LogP contribution < -0.4 is 10.6 Å². The molecule has 3 N–H and O–H groups in total. The van der Waals surface area contributed by atoms with Gasteiger partial charge in [0.25, 0.3) is 0 Å². The number of para-hydroxylation sites is 1. The summed E-state index contributed by atoms with van der Waals surface area (Å²) in [6, 6.07) is 25.1. The van der Waals surface area contributed by atoms with Gasteiger partial charge in [-0.2, -0.15) is 4.68 Å². The number of nitrogens with zero attached hydrogens (tertiary/aromatic N) is 4. The van der Waals surface area contributed by atoms with Crippen LogP contribution in [0, 0.1) is 5.92 Å². The monoisotopic (exact) mass is 644 g/mol. The molecule has 0 saturated carbocycles. The molecule has 1 aliphatic heterocycles. The number of hydrogen-bond donors (Lipinski definition) is 3. The number of hydrogen-bond acceptors (Lipinski definition) is 9. The normalized spacial score (nSPS) is 19.5. The van der Waals surface area contributed by atoms with E-state index >= 15 is 0 Å². The van der Waals surface area contributed by atoms with Crippen molar-refractivity contribution in [2.45, 2.75) is 69.8 Å². The van der Waals surface area contributed by atoms with E-state index in [0.29, 0.717) is 29.6 Å². The van der Waals surface area contributed by atoms with Gasteiger partial charge in [0.15, 0.2) is 6.29 Å². The van der Waals surface area contributed by atoms with E-state index in [0.717, 1.165) is 41.6 Å². The molecular weight excluding hydrogens is 604 g/mol. The van der Waals surface area contributed by atoms with Gasteiger partial charge in [-0.25, -0.2) is 0 Å². The highest BCUT2D eigenvalue weighted by atomic mass is 32.2. The van der Waals surface area contributed by atoms with E-state index in [1.165, 1.54) is 18.7 Å². The summed E-state index contributed by atoms with van der Waals surface area (Å²) in [4.78, 5) is 23.7. The molecule has 2 amide bonds. The standard InChI is InChI=1S/C34H40N6O5S/c1-23-30(22-46-34-37-38-39-40(34)29-12-5-3-6-13-29)44-33(45-32(23)26-17-15-25(21-41)16-18-26)27-10-9-11-28(20-27)36-31(43)14-7-4-8-19-35-24(2)42/h3,5-6,9-13,15-18,20,23,30,32-33,41H,4,7-8,14,19,21-22H2,1-2H3,(H,35,42)(H,36,43). The molecule has 4 unspecified atom stereocenters. The van der Waals surface area contributed by atoms with Crippen LogP contribution in [0.1, 0.15) is 68.6 Å². The molecule has 1 saturated heterocycles. The number of anilines is 1. The number of benzene rings is 3. The van der Waals surface area contributed by atoms with E-state index < -0.39 is 6.29 Å². The van der Waals surface area contributed by atoms with Gasteiger partial charge in [0.1, 0.15) is 0 Å². The number of carbonyl (C=O) groups is 2. The van der Waals surface area contributed by atoms with E-state index in [-0.39, 0.29) is 36.5 Å². The average Bonchev–Trinajstić information content (AvgIpc) is 3.55. The van der Waals surface area contributed by atoms with Crippen molar-refractivity contribution >= 4 is 29.3 Å². The van der Waals surface area contributed by atoms with Crippen molar-refractivity contribution in [3.8, 4) is 5.69 Å². The number of rotatable bonds is 14. The zero-order valence-electron chi connectivity index (χ0n) is 26.0. The largest absolute Gasteiger partial charge is 0.392 e. The van der Waals surface area contributed by atoms with Crippen LogP contribution in [0.4, 0.5) is 5.69 Å². The number of thioether (sulfide) groups is 1. The Balaban J connectivity index is 1.28. The SMILES string of the molecule is CC(=O)NCCCCCC(=O)Nc1cccc(C2OC(CSc3nnnn3-c3ccccc3)C(C)C(c3ccc(CO)cc3)O2)c1. The Morgan fingerprint density at radius 1 is 0.957 bits per heavy atom. The van der Waals surface area contributed by atoms with Crippen molar-refractivity contribution in [2.75, 3.05) is 17.6 Å². The molecular formula is C34H40N6O5S. The molecule has 12 heteroatoms. The van der Waals surface area contributed by atoms with E-state index in [1.54, 1.807) is 4.68 Å². The third kappa shape index (κ3) is 9.00. The fraction of sp³-hybridized carbons (Fsp3) is 0.382. The molecule has 1 fully saturated rings. The first-order valence-electron chi connectivity index (χ1n) is 15.5. The van der Waals surface area contributed by atoms with E-state index in [9.17, 15) is 14.7 Å². The van der Waals surface area contributed by atoms with Crippen LogP contribution >= 0.6 is 11.8 Å². The van der Waals surface area contributed by atoms with Gasteiger partial charge < -0.3 is 25.2 Å². The van der Waals surface area contributed by atoms with Crippen LogP contribution in [0.3, 0.4) is 0 Å². The summed E-state index contributed by atoms with van der Waals surface area (Å²) >= 11 is 1.52. The number of aliphatic hydroxyl groups is 1. The first kappa shape index (κ1) is 33.3. The topological polar surface area (TPSA) is 140 Å². The Bertz CT molecular complexity index is 1570. The Labute approximate surface area is 273 Å². The third-order valence-electron chi connectivity index (χ3n) is 7.84. The van der Waals surface area contributed by atoms with E-state index in [1.807, 2.05) is 78.9 Å². The minimum Gasteiger partial charge on any atom is -0.392 e. The maximum atomic E-state index is 12.7. The zero-order valence-corrected chi connectivity index (χ0v) is 26.9. The first-order valence-corrected chi connectivity index (χ1v) is 16.5. The molecule has 5 rings (SSSR count). The van der Waals surface area contributed by atoms with Crippen LogP contribution in [0.15, 0.2) is 84.0 Å². The van der Waals surface area contributed by atoms with Crippen LogP contribution in [-0.2, 0) is 25.7 Å². The number of carbonyl (C=O) groups excluding carboxylic acids is 2. The molecule has 3 aromatic carbocycles. The lowest BCUT2D eigenvalue weighted by atomic mass is 9.91. The fourth-order valence-corrected chi connectivity index (χ4v) is 6.36. The predicted octanol–water partition coefficient (Wildman–Crippen LogP) is 5.37. The number of aromatic nitrogens is 4. The summed E-state index contributed by atoms with van der Waals surface area (Å²) in [7, 11) is 0. The van der Waals surface area contributed by atoms with Gasteiger partial charge in [0.2, 0.25) is 17.0 Å². The van der Waals surface area contributed by atoms with E-state index in [4.69, 9.17) is 9.47 Å². The highest BCUT2D eigenvalue weighted by Crippen LogP contribution is 2.43. The van der Waals surface area contributed by atoms with Crippen LogP contribution in [0.2, 0.25) is 0 Å². The summed E-state index contributed by atoms with van der Waals surface area (Å²) in [5.41, 5.74) is 4.16. The summed E-state index contributed by atoms with van der Waals surface area (Å²) in [6.07, 6.45) is 1.64. The Kier molecular flexibility index (Phi) is 11.9. The van der Waals surface area contributed by atoms with Crippen LogP contribution in [0.25, 0.3) is 5.69 Å². The summed E-state index contributed by atoms with van der Waals surface area (Å²) in [5.74, 6) is 0.456. The number of tetrazole rings is 1. The molecule has 4 atom stereocenters. The van der Waals surface area contributed by atoms with Crippen LogP contribution in [-0.4, -0.2) is 55.5 Å². The molecule has 0 spiro atoms. The average molecular weight is 645 g/mol. The van der Waals surface area contributed by atoms with Gasteiger partial charge in [-0.05, 0) is 58.7 Å². The minimum absolute atomic E-state index is 0.0154. The molecule has 0 radical (unpaired) electrons. The fourth-order valence-electron chi connectivity index (χ4n) is 5.30. The van der Waals surface area contributed by atoms with Gasteiger partial charge in [0.05, 0.1) is 24.5 Å². The van der Waals surface area contributed by atoms with Gasteiger partial charge in [-0.3, -0.25) is 9.59 Å². The number of ether oxygens (including phenoxy) is 2. The number of nitrogens with one attached hydrogen (secondary N) is 2. The summed E-state index contributed by atoms with van der Waals surface area (Å²) < 4.78 is 14.9. The number of unbranched alkanes of at least 4 members (excludes halogenated alkanes) is 2. The molecule has 4 aromatic rings. The lowest BCUT2D eigenvalue weighted by Crippen LogP contribution is -2.38. The molecule has 1 aromatic heterocycles. The molecule has 11 nitrogen and oxygen atoms in total. The highest BCUT2D eigenvalue weighted by molar-refractivity contribution is 7.99. The molecule has 0 aliphatic carbocycles. The summed E-state index contributed by atoms with van der Waals surface area (Å²) in [6.45, 7) is 4.20. The van der Waals surface area contributed by atoms with Gasteiger partial charge in [-0.1, -0.05) is 79.7 Å². The first-order chi connectivity index (χ1) is 22.4. The zero-order chi connectivity index (χ0) is 32.3. The van der Waals surface area contributed by atoms with Gasteiger partial charge in [0, 0.05) is 42.8 Å². The second kappa shape index (κ2) is 16.5. The molecule has 1 aliphatic rings. The van der Waals surface area contributed by atoms with Crippen molar-refractivity contribution in [1.82, 2.24) is 25.5 Å². The maximum Gasteiger partial charge on any atom is 0.224 e. The van der Waals surface area contributed by atoms with Crippen molar-refractivity contribution in [1.29, 1.82) is 0 Å². The maximum absolute atomic E-state index is 12.7. The predicted molar refractivity (Wildman–Crippen MR) is 175 cm³/mol. The van der Waals surface area contributed by atoms with E-state index in [2.05, 4.69) is 33.1 Å². The Morgan fingerprint density at radius 2 is 1.76 bits per heavy atom. The second-order valence-electron chi connectivity index (χ2n) is 11.3. The molecule has 242 valence electrons. The smallest absolute Gasteiger partial charge is 0.224 e. The third-order valence-corrected chi connectivity index (χ3v) is 8.85. The number of amides is 2. The Morgan fingerprint density at radius 3 is 2.52 bits per heavy atom. The quantitative estimate of drug-likeness (QED) is 0.122. The molecule has 46 heavy (non-hydrogen) atoms. The molecule has 2 heterocycles. The lowest BCUT2D eigenvalue weighted by molar-refractivity contribution is -0.268. The van der Waals surface area contributed by atoms with Crippen LogP contribution in [0.5, 0.6) is 0 Å². The van der Waals surface area contributed by atoms with Crippen molar-refractivity contribution < 1.29 is 24.2 Å². The summed E-state index contributed by atoms with van der Waals surface area (Å²) in [5, 5.41) is 28.3. The van der Waals surface area contributed by atoms with Crippen molar-refractivity contribution in [2.24, 2.45) is 5.92 Å². The molecule has 0 bridgehead atoms. The Hall–Kier alpha value is -4.10.